The highest BCUT2D eigenvalue weighted by Gasteiger charge is 2.21. The first-order valence-electron chi connectivity index (χ1n) is 10.2. The molecule has 0 amide bonds. The summed E-state index contributed by atoms with van der Waals surface area (Å²) >= 11 is 0. The maximum atomic E-state index is 5.48. The molecule has 0 aliphatic carbocycles. The quantitative estimate of drug-likeness (QED) is 0.321. The van der Waals surface area contributed by atoms with Gasteiger partial charge in [-0.2, -0.15) is 4.98 Å². The molecule has 9 nitrogen and oxygen atoms in total. The number of hydrogen-bond acceptors (Lipinski definition) is 7. The van der Waals surface area contributed by atoms with Crippen LogP contribution in [0.4, 0.5) is 5.82 Å². The van der Waals surface area contributed by atoms with E-state index in [9.17, 15) is 0 Å². The van der Waals surface area contributed by atoms with Gasteiger partial charge in [0.25, 0.3) is 0 Å². The van der Waals surface area contributed by atoms with Crippen LogP contribution in [-0.2, 0) is 11.3 Å². The van der Waals surface area contributed by atoms with E-state index in [0.717, 1.165) is 37.7 Å². The zero-order chi connectivity index (χ0) is 20.6. The number of nitrogens with zero attached hydrogens (tertiary/aromatic N) is 5. The van der Waals surface area contributed by atoms with E-state index in [4.69, 9.17) is 9.26 Å². The summed E-state index contributed by atoms with van der Waals surface area (Å²) < 4.78 is 10.8. The molecule has 1 fully saturated rings. The molecule has 0 bridgehead atoms. The van der Waals surface area contributed by atoms with Gasteiger partial charge in [-0.1, -0.05) is 11.2 Å². The van der Waals surface area contributed by atoms with Gasteiger partial charge in [0.2, 0.25) is 5.89 Å². The molecule has 10 heteroatoms. The molecule has 3 heterocycles. The molecule has 166 valence electrons. The number of halogens is 1. The van der Waals surface area contributed by atoms with Gasteiger partial charge in [0.05, 0.1) is 6.54 Å². The smallest absolute Gasteiger partial charge is 0.246 e. The lowest BCUT2D eigenvalue weighted by Gasteiger charge is -2.33. The zero-order valence-electron chi connectivity index (χ0n) is 18.1. The minimum Gasteiger partial charge on any atom is -0.371 e. The molecule has 2 aromatic heterocycles. The Morgan fingerprint density at radius 2 is 2.13 bits per heavy atom. The van der Waals surface area contributed by atoms with Crippen LogP contribution in [-0.4, -0.2) is 53.9 Å². The van der Waals surface area contributed by atoms with Crippen LogP contribution < -0.4 is 15.5 Å². The summed E-state index contributed by atoms with van der Waals surface area (Å²) in [7, 11) is 1.76. The van der Waals surface area contributed by atoms with E-state index >= 15 is 0 Å². The highest BCUT2D eigenvalue weighted by atomic mass is 127. The second-order valence-corrected chi connectivity index (χ2v) is 7.17. The van der Waals surface area contributed by atoms with Crippen LogP contribution >= 0.6 is 24.0 Å². The predicted molar refractivity (Wildman–Crippen MR) is 127 cm³/mol. The largest absolute Gasteiger partial charge is 0.371 e. The number of piperidine rings is 1. The summed E-state index contributed by atoms with van der Waals surface area (Å²) in [5.41, 5.74) is 1.18. The lowest BCUT2D eigenvalue weighted by molar-refractivity contribution is 0.0683. The number of ether oxygens (including phenoxy) is 1. The van der Waals surface area contributed by atoms with E-state index in [1.165, 1.54) is 5.56 Å². The van der Waals surface area contributed by atoms with Crippen LogP contribution in [0, 0.1) is 6.92 Å². The van der Waals surface area contributed by atoms with Crippen LogP contribution in [0.15, 0.2) is 27.8 Å². The minimum atomic E-state index is -0.178. The first kappa shape index (κ1) is 24.3. The highest BCUT2D eigenvalue weighted by molar-refractivity contribution is 14.0. The highest BCUT2D eigenvalue weighted by Crippen LogP contribution is 2.18. The summed E-state index contributed by atoms with van der Waals surface area (Å²) in [5, 5.41) is 10.7. The van der Waals surface area contributed by atoms with Crippen molar-refractivity contribution in [2.45, 2.75) is 52.3 Å². The van der Waals surface area contributed by atoms with E-state index < -0.39 is 0 Å². The van der Waals surface area contributed by atoms with Crippen molar-refractivity contribution in [1.82, 2.24) is 25.8 Å². The Labute approximate surface area is 195 Å². The first-order chi connectivity index (χ1) is 14.1. The number of nitrogens with one attached hydrogen (secondary N) is 2. The molecule has 2 aromatic rings. The van der Waals surface area contributed by atoms with Crippen molar-refractivity contribution in [2.24, 2.45) is 4.99 Å². The van der Waals surface area contributed by atoms with Gasteiger partial charge < -0.3 is 24.8 Å². The molecule has 0 spiro atoms. The molecule has 1 saturated heterocycles. The maximum absolute atomic E-state index is 5.48. The average molecular weight is 529 g/mol. The number of aromatic nitrogens is 3. The van der Waals surface area contributed by atoms with Crippen molar-refractivity contribution in [2.75, 3.05) is 31.6 Å². The van der Waals surface area contributed by atoms with Crippen LogP contribution in [0.1, 0.15) is 50.1 Å². The Hall–Kier alpha value is -1.95. The normalized spacial score (nSPS) is 16.1. The standard InChI is InChI=1S/C20H31N7O2.HI/c1-5-28-15(3)19-25-18(29-26-19)13-23-20(21-4)24-16-8-10-27(11-9-16)17-7-6-14(2)12-22-17;/h6-7,12,15-16H,5,8-11,13H2,1-4H3,(H2,21,23,24);1H. The van der Waals surface area contributed by atoms with Gasteiger partial charge in [0.1, 0.15) is 11.9 Å². The van der Waals surface area contributed by atoms with Gasteiger partial charge >= 0.3 is 0 Å². The van der Waals surface area contributed by atoms with Crippen molar-refractivity contribution >= 4 is 35.8 Å². The van der Waals surface area contributed by atoms with Gasteiger partial charge in [0, 0.05) is 39.0 Å². The van der Waals surface area contributed by atoms with Gasteiger partial charge in [-0.05, 0) is 45.2 Å². The predicted octanol–water partition coefficient (Wildman–Crippen LogP) is 2.82. The first-order valence-corrected chi connectivity index (χ1v) is 10.2. The molecule has 2 N–H and O–H groups in total. The number of guanidine groups is 1. The molecule has 3 rings (SSSR count). The lowest BCUT2D eigenvalue weighted by Crippen LogP contribution is -2.48. The van der Waals surface area contributed by atoms with Gasteiger partial charge in [0.15, 0.2) is 11.8 Å². The number of hydrogen-bond donors (Lipinski definition) is 2. The number of rotatable bonds is 7. The van der Waals surface area contributed by atoms with Crippen molar-refractivity contribution in [1.29, 1.82) is 0 Å². The summed E-state index contributed by atoms with van der Waals surface area (Å²) in [6.07, 6.45) is 3.78. The fraction of sp³-hybridized carbons (Fsp3) is 0.600. The molecular weight excluding hydrogens is 497 g/mol. The molecule has 0 aromatic carbocycles. The average Bonchev–Trinajstić information content (AvgIpc) is 3.22. The molecular formula is C20H32IN7O2. The van der Waals surface area contributed by atoms with E-state index in [0.29, 0.717) is 30.9 Å². The van der Waals surface area contributed by atoms with Crippen molar-refractivity contribution in [3.8, 4) is 0 Å². The summed E-state index contributed by atoms with van der Waals surface area (Å²) in [5.74, 6) is 2.85. The summed E-state index contributed by atoms with van der Waals surface area (Å²) in [6.45, 7) is 8.86. The van der Waals surface area contributed by atoms with Crippen molar-refractivity contribution < 1.29 is 9.26 Å². The Bertz CT molecular complexity index is 789. The van der Waals surface area contributed by atoms with Crippen molar-refractivity contribution in [3.63, 3.8) is 0 Å². The van der Waals surface area contributed by atoms with E-state index in [2.05, 4.69) is 54.7 Å². The number of pyridine rings is 1. The van der Waals surface area contributed by atoms with E-state index in [1.54, 1.807) is 7.05 Å². The van der Waals surface area contributed by atoms with Crippen LogP contribution in [0.2, 0.25) is 0 Å². The second kappa shape index (κ2) is 12.0. The van der Waals surface area contributed by atoms with Gasteiger partial charge in [-0.15, -0.1) is 24.0 Å². The third-order valence-corrected chi connectivity index (χ3v) is 4.95. The molecule has 1 atom stereocenters. The third-order valence-electron chi connectivity index (χ3n) is 4.95. The Morgan fingerprint density at radius 1 is 1.37 bits per heavy atom. The number of anilines is 1. The number of aliphatic imine (C=N–C) groups is 1. The fourth-order valence-corrected chi connectivity index (χ4v) is 3.28. The maximum Gasteiger partial charge on any atom is 0.246 e. The van der Waals surface area contributed by atoms with Crippen LogP contribution in [0.5, 0.6) is 0 Å². The van der Waals surface area contributed by atoms with Gasteiger partial charge in [-0.25, -0.2) is 4.98 Å². The zero-order valence-corrected chi connectivity index (χ0v) is 20.4. The Morgan fingerprint density at radius 3 is 2.77 bits per heavy atom. The SMILES string of the molecule is CCOC(C)c1noc(CNC(=NC)NC2CCN(c3ccc(C)cn3)CC2)n1.I. The molecule has 1 aliphatic heterocycles. The fourth-order valence-electron chi connectivity index (χ4n) is 3.28. The molecule has 0 saturated carbocycles. The molecule has 30 heavy (non-hydrogen) atoms. The Kier molecular flexibility index (Phi) is 9.76. The number of aryl methyl sites for hydroxylation is 1. The molecule has 1 aliphatic rings. The summed E-state index contributed by atoms with van der Waals surface area (Å²) in [4.78, 5) is 15.5. The van der Waals surface area contributed by atoms with Gasteiger partial charge in [-0.3, -0.25) is 4.99 Å². The second-order valence-electron chi connectivity index (χ2n) is 7.17. The molecule has 0 radical (unpaired) electrons. The Balaban J connectivity index is 0.00000320. The van der Waals surface area contributed by atoms with Crippen LogP contribution in [0.25, 0.3) is 0 Å². The minimum absolute atomic E-state index is 0. The molecule has 1 unspecified atom stereocenters. The van der Waals surface area contributed by atoms with Crippen molar-refractivity contribution in [3.05, 3.63) is 35.6 Å². The third kappa shape index (κ3) is 6.79. The van der Waals surface area contributed by atoms with Crippen LogP contribution in [0.3, 0.4) is 0 Å². The van der Waals surface area contributed by atoms with E-state index in [1.807, 2.05) is 20.0 Å². The van der Waals surface area contributed by atoms with E-state index in [-0.39, 0.29) is 30.1 Å². The topological polar surface area (TPSA) is 101 Å². The monoisotopic (exact) mass is 529 g/mol. The lowest BCUT2D eigenvalue weighted by atomic mass is 10.1. The summed E-state index contributed by atoms with van der Waals surface area (Å²) in [6, 6.07) is 4.56.